The number of pyridine rings is 1. The van der Waals surface area contributed by atoms with Crippen LogP contribution in [0.4, 0.5) is 0 Å². The van der Waals surface area contributed by atoms with Crippen LogP contribution in [0.5, 0.6) is 0 Å². The minimum Gasteiger partial charge on any atom is -0.348 e. The fourth-order valence-corrected chi connectivity index (χ4v) is 2.31. The minimum absolute atomic E-state index is 0.311. The molecule has 21 heavy (non-hydrogen) atoms. The highest BCUT2D eigenvalue weighted by Gasteiger charge is 2.12. The molecule has 0 spiro atoms. The van der Waals surface area contributed by atoms with Crippen LogP contribution in [0.3, 0.4) is 0 Å². The second-order valence-corrected chi connectivity index (χ2v) is 5.16. The standard InChI is InChI=1S/C16H21N3O2/c20-15(18-10-8-13-5-2-1-3-6-13)16(21)19-12-14-7-4-9-17-11-14/h4-5,7,9,11H,1-3,6,8,10,12H2,(H,18,20)(H,19,21). The number of hydrogen-bond acceptors (Lipinski definition) is 3. The molecule has 1 heterocycles. The molecular formula is C16H21N3O2. The lowest BCUT2D eigenvalue weighted by Gasteiger charge is -2.12. The zero-order chi connectivity index (χ0) is 14.9. The summed E-state index contributed by atoms with van der Waals surface area (Å²) < 4.78 is 0. The average Bonchev–Trinajstić information content (AvgIpc) is 2.54. The first-order chi connectivity index (χ1) is 10.3. The summed E-state index contributed by atoms with van der Waals surface area (Å²) in [5.41, 5.74) is 2.25. The molecule has 1 aliphatic carbocycles. The Morgan fingerprint density at radius 1 is 1.19 bits per heavy atom. The number of hydrogen-bond donors (Lipinski definition) is 2. The number of nitrogens with zero attached hydrogens (tertiary/aromatic N) is 1. The van der Waals surface area contributed by atoms with Gasteiger partial charge in [0.05, 0.1) is 0 Å². The molecule has 0 unspecified atom stereocenters. The Morgan fingerprint density at radius 3 is 2.76 bits per heavy atom. The first kappa shape index (κ1) is 15.2. The van der Waals surface area contributed by atoms with Gasteiger partial charge in [-0.15, -0.1) is 0 Å². The van der Waals surface area contributed by atoms with E-state index in [9.17, 15) is 9.59 Å². The molecule has 0 aromatic carbocycles. The van der Waals surface area contributed by atoms with Crippen LogP contribution in [0.15, 0.2) is 36.2 Å². The molecule has 112 valence electrons. The van der Waals surface area contributed by atoms with E-state index in [1.165, 1.54) is 18.4 Å². The smallest absolute Gasteiger partial charge is 0.309 e. The molecule has 0 aliphatic heterocycles. The van der Waals surface area contributed by atoms with Gasteiger partial charge in [-0.05, 0) is 43.7 Å². The van der Waals surface area contributed by atoms with Crippen molar-refractivity contribution in [3.8, 4) is 0 Å². The van der Waals surface area contributed by atoms with E-state index < -0.39 is 11.8 Å². The topological polar surface area (TPSA) is 71.1 Å². The highest BCUT2D eigenvalue weighted by molar-refractivity contribution is 6.35. The summed E-state index contributed by atoms with van der Waals surface area (Å²) in [6.45, 7) is 0.830. The second-order valence-electron chi connectivity index (χ2n) is 5.16. The molecule has 2 rings (SSSR count). The summed E-state index contributed by atoms with van der Waals surface area (Å²) in [7, 11) is 0. The van der Waals surface area contributed by atoms with Crippen LogP contribution in [0.2, 0.25) is 0 Å². The first-order valence-electron chi connectivity index (χ1n) is 7.38. The normalized spacial score (nSPS) is 14.2. The van der Waals surface area contributed by atoms with Gasteiger partial charge >= 0.3 is 11.8 Å². The predicted molar refractivity (Wildman–Crippen MR) is 80.3 cm³/mol. The van der Waals surface area contributed by atoms with Gasteiger partial charge in [0.2, 0.25) is 0 Å². The molecule has 0 fully saturated rings. The van der Waals surface area contributed by atoms with Crippen molar-refractivity contribution < 1.29 is 9.59 Å². The Labute approximate surface area is 124 Å². The summed E-state index contributed by atoms with van der Waals surface area (Å²) in [6.07, 6.45) is 11.1. The largest absolute Gasteiger partial charge is 0.348 e. The molecular weight excluding hydrogens is 266 g/mol. The zero-order valence-corrected chi connectivity index (χ0v) is 12.1. The van der Waals surface area contributed by atoms with E-state index in [4.69, 9.17) is 0 Å². The quantitative estimate of drug-likeness (QED) is 0.639. The monoisotopic (exact) mass is 287 g/mol. The minimum atomic E-state index is -0.600. The van der Waals surface area contributed by atoms with Gasteiger partial charge < -0.3 is 10.6 Å². The van der Waals surface area contributed by atoms with Crippen LogP contribution in [0.1, 0.15) is 37.7 Å². The van der Waals surface area contributed by atoms with Crippen molar-refractivity contribution in [3.05, 3.63) is 41.7 Å². The molecule has 0 saturated heterocycles. The van der Waals surface area contributed by atoms with E-state index in [1.54, 1.807) is 18.5 Å². The van der Waals surface area contributed by atoms with Gasteiger partial charge in [-0.25, -0.2) is 0 Å². The highest BCUT2D eigenvalue weighted by atomic mass is 16.2. The van der Waals surface area contributed by atoms with Crippen LogP contribution >= 0.6 is 0 Å². The maximum absolute atomic E-state index is 11.6. The van der Waals surface area contributed by atoms with Crippen molar-refractivity contribution >= 4 is 11.8 Å². The van der Waals surface area contributed by atoms with Crippen molar-refractivity contribution in [2.75, 3.05) is 6.54 Å². The Morgan fingerprint density at radius 2 is 2.05 bits per heavy atom. The van der Waals surface area contributed by atoms with E-state index in [2.05, 4.69) is 21.7 Å². The SMILES string of the molecule is O=C(NCCC1=CCCCC1)C(=O)NCc1cccnc1. The number of aromatic nitrogens is 1. The van der Waals surface area contributed by atoms with Crippen molar-refractivity contribution in [1.29, 1.82) is 0 Å². The van der Waals surface area contributed by atoms with Gasteiger partial charge in [0.15, 0.2) is 0 Å². The number of carbonyl (C=O) groups is 2. The van der Waals surface area contributed by atoms with E-state index >= 15 is 0 Å². The Balaban J connectivity index is 1.65. The maximum Gasteiger partial charge on any atom is 0.309 e. The lowest BCUT2D eigenvalue weighted by molar-refractivity contribution is -0.139. The highest BCUT2D eigenvalue weighted by Crippen LogP contribution is 2.19. The maximum atomic E-state index is 11.6. The third kappa shape index (κ3) is 5.38. The van der Waals surface area contributed by atoms with Crippen LogP contribution < -0.4 is 10.6 Å². The van der Waals surface area contributed by atoms with Crippen molar-refractivity contribution in [2.45, 2.75) is 38.6 Å². The fraction of sp³-hybridized carbons (Fsp3) is 0.438. The van der Waals surface area contributed by atoms with E-state index in [0.717, 1.165) is 24.8 Å². The summed E-state index contributed by atoms with van der Waals surface area (Å²) in [4.78, 5) is 27.2. The third-order valence-electron chi connectivity index (χ3n) is 3.50. The van der Waals surface area contributed by atoms with E-state index in [-0.39, 0.29) is 0 Å². The second kappa shape index (κ2) is 8.19. The Bertz CT molecular complexity index is 512. The summed E-state index contributed by atoms with van der Waals surface area (Å²) in [5, 5.41) is 5.24. The van der Waals surface area contributed by atoms with Gasteiger partial charge in [-0.3, -0.25) is 14.6 Å². The van der Waals surface area contributed by atoms with Gasteiger partial charge in [0, 0.05) is 25.5 Å². The zero-order valence-electron chi connectivity index (χ0n) is 12.1. The van der Waals surface area contributed by atoms with Crippen LogP contribution in [-0.2, 0) is 16.1 Å². The van der Waals surface area contributed by atoms with Gasteiger partial charge in [-0.2, -0.15) is 0 Å². The van der Waals surface area contributed by atoms with E-state index in [0.29, 0.717) is 13.1 Å². The van der Waals surface area contributed by atoms with Crippen molar-refractivity contribution in [2.24, 2.45) is 0 Å². The summed E-state index contributed by atoms with van der Waals surface area (Å²) >= 11 is 0. The van der Waals surface area contributed by atoms with Gasteiger partial charge in [0.1, 0.15) is 0 Å². The molecule has 5 nitrogen and oxygen atoms in total. The Kier molecular flexibility index (Phi) is 5.94. The van der Waals surface area contributed by atoms with Crippen molar-refractivity contribution in [3.63, 3.8) is 0 Å². The molecule has 2 amide bonds. The summed E-state index contributed by atoms with van der Waals surface area (Å²) in [6, 6.07) is 3.64. The predicted octanol–water partition coefficient (Wildman–Crippen LogP) is 1.70. The molecule has 2 N–H and O–H groups in total. The molecule has 1 aliphatic rings. The average molecular weight is 287 g/mol. The molecule has 0 radical (unpaired) electrons. The fourth-order valence-electron chi connectivity index (χ4n) is 2.31. The van der Waals surface area contributed by atoms with Crippen LogP contribution in [0.25, 0.3) is 0 Å². The third-order valence-corrected chi connectivity index (χ3v) is 3.50. The van der Waals surface area contributed by atoms with Gasteiger partial charge in [0.25, 0.3) is 0 Å². The summed E-state index contributed by atoms with van der Waals surface area (Å²) in [5.74, 6) is -1.17. The van der Waals surface area contributed by atoms with Crippen molar-refractivity contribution in [1.82, 2.24) is 15.6 Å². The molecule has 1 aromatic heterocycles. The number of allylic oxidation sites excluding steroid dienone is 1. The number of amides is 2. The lowest BCUT2D eigenvalue weighted by atomic mass is 9.97. The van der Waals surface area contributed by atoms with Gasteiger partial charge in [-0.1, -0.05) is 17.7 Å². The molecule has 0 saturated carbocycles. The number of nitrogens with one attached hydrogen (secondary N) is 2. The molecule has 0 atom stereocenters. The molecule has 5 heteroatoms. The lowest BCUT2D eigenvalue weighted by Crippen LogP contribution is -2.40. The Hall–Kier alpha value is -2.17. The van der Waals surface area contributed by atoms with Crippen LogP contribution in [-0.4, -0.2) is 23.3 Å². The first-order valence-corrected chi connectivity index (χ1v) is 7.38. The number of rotatable bonds is 5. The molecule has 1 aromatic rings. The number of carbonyl (C=O) groups excluding carboxylic acids is 2. The van der Waals surface area contributed by atoms with Crippen LogP contribution in [0, 0.1) is 0 Å². The molecule has 0 bridgehead atoms. The van der Waals surface area contributed by atoms with E-state index in [1.807, 2.05) is 6.07 Å².